The van der Waals surface area contributed by atoms with Crippen molar-refractivity contribution < 1.29 is 4.74 Å². The molecule has 0 amide bonds. The Bertz CT molecular complexity index is 426. The zero-order valence-corrected chi connectivity index (χ0v) is 8.10. The molecule has 0 aliphatic rings. The van der Waals surface area contributed by atoms with E-state index in [1.165, 1.54) is 0 Å². The highest BCUT2D eigenvalue weighted by molar-refractivity contribution is 5.57. The maximum atomic E-state index is 5.29. The van der Waals surface area contributed by atoms with Crippen LogP contribution in [0, 0.1) is 0 Å². The number of fused-ring (bicyclic) bond motifs is 1. The van der Waals surface area contributed by atoms with Gasteiger partial charge in [0.05, 0.1) is 6.61 Å². The molecule has 0 radical (unpaired) electrons. The van der Waals surface area contributed by atoms with E-state index >= 15 is 0 Å². The van der Waals surface area contributed by atoms with E-state index in [0.29, 0.717) is 12.4 Å². The molecule has 2 heterocycles. The van der Waals surface area contributed by atoms with Crippen LogP contribution in [0.1, 0.15) is 12.6 Å². The van der Waals surface area contributed by atoms with Crippen molar-refractivity contribution >= 4 is 11.4 Å². The van der Waals surface area contributed by atoms with Crippen LogP contribution in [0.3, 0.4) is 0 Å². The van der Waals surface area contributed by atoms with Crippen LogP contribution in [0.25, 0.3) is 11.4 Å². The van der Waals surface area contributed by atoms with Gasteiger partial charge in [-0.25, -0.2) is 4.98 Å². The van der Waals surface area contributed by atoms with Crippen LogP contribution in [0.5, 0.6) is 0 Å². The number of aromatic nitrogens is 2. The lowest BCUT2D eigenvalue weighted by Gasteiger charge is -2.01. The van der Waals surface area contributed by atoms with Gasteiger partial charge in [0.2, 0.25) is 0 Å². The Labute approximate surface area is 82.7 Å². The van der Waals surface area contributed by atoms with Crippen molar-refractivity contribution in [3.05, 3.63) is 42.9 Å². The largest absolute Gasteiger partial charge is 0.492 e. The van der Waals surface area contributed by atoms with E-state index in [0.717, 1.165) is 11.3 Å². The predicted molar refractivity (Wildman–Crippen MR) is 55.9 cm³/mol. The first kappa shape index (κ1) is 8.81. The second-order valence-corrected chi connectivity index (χ2v) is 2.95. The smallest absolute Gasteiger partial charge is 0.139 e. The number of hydrogen-bond donors (Lipinski definition) is 0. The van der Waals surface area contributed by atoms with Crippen molar-refractivity contribution in [2.24, 2.45) is 0 Å². The molecular formula is C11H12N2O. The summed E-state index contributed by atoms with van der Waals surface area (Å²) in [6, 6.07) is 5.86. The summed E-state index contributed by atoms with van der Waals surface area (Å²) >= 11 is 0. The normalized spacial score (nSPS) is 10.4. The fourth-order valence-corrected chi connectivity index (χ4v) is 1.32. The summed E-state index contributed by atoms with van der Waals surface area (Å²) in [4.78, 5) is 4.37. The number of nitrogens with zero attached hydrogens (tertiary/aromatic N) is 2. The Hall–Kier alpha value is -1.77. The van der Waals surface area contributed by atoms with Gasteiger partial charge in [0.25, 0.3) is 0 Å². The third-order valence-electron chi connectivity index (χ3n) is 1.97. The highest BCUT2D eigenvalue weighted by Gasteiger charge is 2.04. The lowest BCUT2D eigenvalue weighted by molar-refractivity contribution is 0.298. The first-order valence-corrected chi connectivity index (χ1v) is 4.57. The minimum Gasteiger partial charge on any atom is -0.492 e. The molecule has 14 heavy (non-hydrogen) atoms. The van der Waals surface area contributed by atoms with Crippen molar-refractivity contribution in [2.75, 3.05) is 6.61 Å². The number of imidazole rings is 1. The molecule has 0 fully saturated rings. The average Bonchev–Trinajstić information content (AvgIpc) is 2.61. The van der Waals surface area contributed by atoms with Gasteiger partial charge in [0.15, 0.2) is 0 Å². The topological polar surface area (TPSA) is 26.5 Å². The second kappa shape index (κ2) is 3.54. The molecule has 3 nitrogen and oxygen atoms in total. The maximum Gasteiger partial charge on any atom is 0.139 e. The van der Waals surface area contributed by atoms with Gasteiger partial charge >= 0.3 is 0 Å². The van der Waals surface area contributed by atoms with Gasteiger partial charge < -0.3 is 9.14 Å². The third kappa shape index (κ3) is 1.48. The third-order valence-corrected chi connectivity index (χ3v) is 1.97. The fourth-order valence-electron chi connectivity index (χ4n) is 1.32. The molecule has 0 aliphatic carbocycles. The lowest BCUT2D eigenvalue weighted by atomic mass is 10.4. The molecule has 0 saturated heterocycles. The Balaban J connectivity index is 2.40. The van der Waals surface area contributed by atoms with E-state index < -0.39 is 0 Å². The van der Waals surface area contributed by atoms with Crippen LogP contribution in [0.4, 0.5) is 0 Å². The van der Waals surface area contributed by atoms with Gasteiger partial charge in [0.1, 0.15) is 17.1 Å². The number of pyridine rings is 1. The zero-order valence-electron chi connectivity index (χ0n) is 8.10. The lowest BCUT2D eigenvalue weighted by Crippen LogP contribution is -1.89. The van der Waals surface area contributed by atoms with Gasteiger partial charge in [-0.05, 0) is 19.1 Å². The summed E-state index contributed by atoms with van der Waals surface area (Å²) in [6.45, 7) is 6.36. The summed E-state index contributed by atoms with van der Waals surface area (Å²) in [5, 5.41) is 0. The molecule has 2 rings (SSSR count). The summed E-state index contributed by atoms with van der Waals surface area (Å²) in [6.07, 6.45) is 3.86. The second-order valence-electron chi connectivity index (χ2n) is 2.95. The van der Waals surface area contributed by atoms with Crippen LogP contribution in [-0.4, -0.2) is 16.0 Å². The number of hydrogen-bond acceptors (Lipinski definition) is 2. The van der Waals surface area contributed by atoms with Crippen molar-refractivity contribution in [1.29, 1.82) is 0 Å². The summed E-state index contributed by atoms with van der Waals surface area (Å²) in [7, 11) is 0. The first-order chi connectivity index (χ1) is 6.81. The Morgan fingerprint density at radius 3 is 3.14 bits per heavy atom. The van der Waals surface area contributed by atoms with Gasteiger partial charge in [-0.15, -0.1) is 0 Å². The summed E-state index contributed by atoms with van der Waals surface area (Å²) in [5.41, 5.74) is 1.70. The van der Waals surface area contributed by atoms with Crippen LogP contribution in [0.2, 0.25) is 0 Å². The quantitative estimate of drug-likeness (QED) is 0.691. The maximum absolute atomic E-state index is 5.29. The van der Waals surface area contributed by atoms with E-state index in [9.17, 15) is 0 Å². The molecule has 0 bridgehead atoms. The van der Waals surface area contributed by atoms with E-state index in [-0.39, 0.29) is 0 Å². The van der Waals surface area contributed by atoms with E-state index in [2.05, 4.69) is 11.6 Å². The summed E-state index contributed by atoms with van der Waals surface area (Å²) in [5.74, 6) is 0.621. The van der Waals surface area contributed by atoms with Crippen LogP contribution >= 0.6 is 0 Å². The molecule has 2 aromatic rings. The predicted octanol–water partition coefficient (Wildman–Crippen LogP) is 2.34. The fraction of sp³-hybridized carbons (Fsp3) is 0.182. The minimum atomic E-state index is 0.618. The van der Waals surface area contributed by atoms with Crippen molar-refractivity contribution in [1.82, 2.24) is 9.38 Å². The minimum absolute atomic E-state index is 0.618. The van der Waals surface area contributed by atoms with Gasteiger partial charge in [-0.2, -0.15) is 0 Å². The van der Waals surface area contributed by atoms with Gasteiger partial charge in [0, 0.05) is 12.4 Å². The number of rotatable bonds is 3. The molecule has 72 valence electrons. The van der Waals surface area contributed by atoms with Crippen molar-refractivity contribution in [2.45, 2.75) is 6.92 Å². The Kier molecular flexibility index (Phi) is 2.23. The molecule has 0 atom stereocenters. The van der Waals surface area contributed by atoms with E-state index in [1.54, 1.807) is 0 Å². The molecule has 2 aromatic heterocycles. The highest BCUT2D eigenvalue weighted by Crippen LogP contribution is 2.13. The standard InChI is InChI=1S/C11H12N2O/c1-3-14-9(2)10-8-13-7-5-4-6-11(13)12-10/h4-8H,2-3H2,1H3. The average molecular weight is 188 g/mol. The SMILES string of the molecule is C=C(OCC)c1cn2ccccc2n1. The van der Waals surface area contributed by atoms with E-state index in [1.807, 2.05) is 41.9 Å². The van der Waals surface area contributed by atoms with Crippen molar-refractivity contribution in [3.63, 3.8) is 0 Å². The summed E-state index contributed by atoms with van der Waals surface area (Å²) < 4.78 is 7.23. The molecule has 0 aliphatic heterocycles. The molecule has 3 heteroatoms. The van der Waals surface area contributed by atoms with Gasteiger partial charge in [-0.1, -0.05) is 12.6 Å². The Morgan fingerprint density at radius 1 is 1.57 bits per heavy atom. The molecule has 0 saturated carbocycles. The van der Waals surface area contributed by atoms with Crippen LogP contribution < -0.4 is 0 Å². The zero-order chi connectivity index (χ0) is 9.97. The van der Waals surface area contributed by atoms with Crippen molar-refractivity contribution in [3.8, 4) is 0 Å². The van der Waals surface area contributed by atoms with Gasteiger partial charge in [-0.3, -0.25) is 0 Å². The molecule has 0 unspecified atom stereocenters. The highest BCUT2D eigenvalue weighted by atomic mass is 16.5. The molecular weight excluding hydrogens is 176 g/mol. The Morgan fingerprint density at radius 2 is 2.43 bits per heavy atom. The van der Waals surface area contributed by atoms with Crippen LogP contribution in [-0.2, 0) is 4.74 Å². The molecule has 0 aromatic carbocycles. The monoisotopic (exact) mass is 188 g/mol. The number of ether oxygens (including phenoxy) is 1. The van der Waals surface area contributed by atoms with E-state index in [4.69, 9.17) is 4.74 Å². The first-order valence-electron chi connectivity index (χ1n) is 4.57. The molecule has 0 spiro atoms. The van der Waals surface area contributed by atoms with Crippen LogP contribution in [0.15, 0.2) is 37.2 Å². The molecule has 0 N–H and O–H groups in total.